The fourth-order valence-electron chi connectivity index (χ4n) is 4.52. The van der Waals surface area contributed by atoms with Gasteiger partial charge in [0, 0.05) is 24.3 Å². The standard InChI is InChI=1S/C24H24N2O3/c1-28-17-6-2-5-16(13-17)21-14-22-19-7-3-8-20(23-9-4-12-29-23)18(19)10-11-26(22)24(27)15-25-21/h2-3,5-8,13-14,23H,4,9-12,15H2,1H3/t23-/m1/s1. The molecule has 0 bridgehead atoms. The zero-order chi connectivity index (χ0) is 19.8. The number of rotatable bonds is 3. The fraction of sp³-hybridized carbons (Fsp3) is 0.333. The smallest absolute Gasteiger partial charge is 0.248 e. The number of hydrogen-bond acceptors (Lipinski definition) is 4. The van der Waals surface area contributed by atoms with E-state index in [0.29, 0.717) is 6.54 Å². The molecule has 2 aromatic carbocycles. The van der Waals surface area contributed by atoms with Crippen molar-refractivity contribution < 1.29 is 14.3 Å². The van der Waals surface area contributed by atoms with Crippen molar-refractivity contribution in [1.82, 2.24) is 4.90 Å². The number of hydrogen-bond donors (Lipinski definition) is 0. The summed E-state index contributed by atoms with van der Waals surface area (Å²) >= 11 is 0. The number of methoxy groups -OCH3 is 1. The minimum Gasteiger partial charge on any atom is -0.497 e. The molecule has 2 aromatic rings. The predicted octanol–water partition coefficient (Wildman–Crippen LogP) is 3.78. The van der Waals surface area contributed by atoms with Gasteiger partial charge in [-0.1, -0.05) is 30.3 Å². The van der Waals surface area contributed by atoms with Crippen molar-refractivity contribution in [3.05, 3.63) is 70.8 Å². The van der Waals surface area contributed by atoms with Crippen molar-refractivity contribution in [3.63, 3.8) is 0 Å². The Balaban J connectivity index is 1.61. The minimum atomic E-state index is 0.0438. The highest BCUT2D eigenvalue weighted by Crippen LogP contribution is 2.38. The Labute approximate surface area is 170 Å². The Morgan fingerprint density at radius 2 is 2.10 bits per heavy atom. The van der Waals surface area contributed by atoms with Crippen molar-refractivity contribution in [2.24, 2.45) is 4.99 Å². The van der Waals surface area contributed by atoms with E-state index in [1.165, 1.54) is 11.1 Å². The summed E-state index contributed by atoms with van der Waals surface area (Å²) < 4.78 is 11.3. The number of nitrogens with zero attached hydrogens (tertiary/aromatic N) is 2. The van der Waals surface area contributed by atoms with Crippen LogP contribution >= 0.6 is 0 Å². The third kappa shape index (κ3) is 3.25. The number of carbonyl (C=O) groups is 1. The molecule has 3 heterocycles. The van der Waals surface area contributed by atoms with Gasteiger partial charge >= 0.3 is 0 Å². The van der Waals surface area contributed by atoms with E-state index in [2.05, 4.69) is 29.3 Å². The molecule has 5 nitrogen and oxygen atoms in total. The van der Waals surface area contributed by atoms with Crippen LogP contribution in [0.25, 0.3) is 5.70 Å². The molecule has 0 spiro atoms. The Morgan fingerprint density at radius 1 is 1.21 bits per heavy atom. The van der Waals surface area contributed by atoms with Crippen LogP contribution in [-0.2, 0) is 16.0 Å². The van der Waals surface area contributed by atoms with Crippen molar-refractivity contribution >= 4 is 17.3 Å². The molecule has 0 unspecified atom stereocenters. The van der Waals surface area contributed by atoms with Crippen LogP contribution in [0, 0.1) is 0 Å². The number of aliphatic imine (C=N–C) groups is 1. The van der Waals surface area contributed by atoms with Crippen LogP contribution < -0.4 is 4.74 Å². The zero-order valence-corrected chi connectivity index (χ0v) is 16.6. The molecule has 5 rings (SSSR count). The largest absolute Gasteiger partial charge is 0.497 e. The number of amides is 1. The van der Waals surface area contributed by atoms with E-state index >= 15 is 0 Å². The van der Waals surface area contributed by atoms with Crippen LogP contribution in [0.3, 0.4) is 0 Å². The first-order valence-electron chi connectivity index (χ1n) is 10.2. The van der Waals surface area contributed by atoms with Gasteiger partial charge in [0.1, 0.15) is 12.3 Å². The Kier molecular flexibility index (Phi) is 4.68. The molecule has 1 atom stereocenters. The molecule has 5 heteroatoms. The van der Waals surface area contributed by atoms with Crippen LogP contribution in [0.4, 0.5) is 0 Å². The lowest BCUT2D eigenvalue weighted by molar-refractivity contribution is -0.126. The second-order valence-corrected chi connectivity index (χ2v) is 7.63. The number of carbonyl (C=O) groups excluding carboxylic acids is 1. The van der Waals surface area contributed by atoms with E-state index in [1.54, 1.807) is 7.11 Å². The van der Waals surface area contributed by atoms with E-state index in [9.17, 15) is 4.79 Å². The second-order valence-electron chi connectivity index (χ2n) is 7.63. The van der Waals surface area contributed by atoms with E-state index in [4.69, 9.17) is 9.47 Å². The SMILES string of the molecule is COc1cccc(C2=NCC(=O)N3CCc4c(cccc4[C@H]4CCCO4)C3=C2)c1. The summed E-state index contributed by atoms with van der Waals surface area (Å²) in [5.74, 6) is 0.822. The predicted molar refractivity (Wildman–Crippen MR) is 112 cm³/mol. The van der Waals surface area contributed by atoms with Crippen LogP contribution in [0.1, 0.15) is 41.2 Å². The summed E-state index contributed by atoms with van der Waals surface area (Å²) in [5, 5.41) is 0. The summed E-state index contributed by atoms with van der Waals surface area (Å²) in [6.07, 6.45) is 5.24. The molecule has 0 saturated carbocycles. The number of fused-ring (bicyclic) bond motifs is 3. The normalized spacial score (nSPS) is 21.1. The molecule has 1 amide bonds. The second kappa shape index (κ2) is 7.48. The van der Waals surface area contributed by atoms with Gasteiger partial charge in [-0.2, -0.15) is 0 Å². The maximum absolute atomic E-state index is 12.8. The summed E-state index contributed by atoms with van der Waals surface area (Å²) in [6.45, 7) is 1.67. The number of allylic oxidation sites excluding steroid dienone is 1. The lowest BCUT2D eigenvalue weighted by atomic mass is 9.88. The molecule has 1 saturated heterocycles. The molecule has 0 aliphatic carbocycles. The summed E-state index contributed by atoms with van der Waals surface area (Å²) in [7, 11) is 1.65. The molecule has 0 radical (unpaired) electrons. The third-order valence-corrected chi connectivity index (χ3v) is 5.97. The molecule has 148 valence electrons. The Morgan fingerprint density at radius 3 is 2.93 bits per heavy atom. The Bertz CT molecular complexity index is 1020. The van der Waals surface area contributed by atoms with Gasteiger partial charge in [0.15, 0.2) is 0 Å². The minimum absolute atomic E-state index is 0.0438. The van der Waals surface area contributed by atoms with Crippen molar-refractivity contribution in [1.29, 1.82) is 0 Å². The fourth-order valence-corrected chi connectivity index (χ4v) is 4.52. The number of benzene rings is 2. The maximum Gasteiger partial charge on any atom is 0.248 e. The van der Waals surface area contributed by atoms with Gasteiger partial charge in [0.2, 0.25) is 5.91 Å². The van der Waals surface area contributed by atoms with Crippen LogP contribution in [0.15, 0.2) is 53.5 Å². The summed E-state index contributed by atoms with van der Waals surface area (Å²) in [5.41, 5.74) is 6.41. The molecule has 3 aliphatic heterocycles. The third-order valence-electron chi connectivity index (χ3n) is 5.97. The highest BCUT2D eigenvalue weighted by Gasteiger charge is 2.31. The molecule has 0 aromatic heterocycles. The van der Waals surface area contributed by atoms with Crippen molar-refractivity contribution in [2.45, 2.75) is 25.4 Å². The van der Waals surface area contributed by atoms with Gasteiger partial charge in [-0.05, 0) is 48.6 Å². The van der Waals surface area contributed by atoms with E-state index in [-0.39, 0.29) is 18.6 Å². The lowest BCUT2D eigenvalue weighted by Gasteiger charge is -2.32. The first-order valence-corrected chi connectivity index (χ1v) is 10.2. The molecule has 3 aliphatic rings. The zero-order valence-electron chi connectivity index (χ0n) is 16.6. The monoisotopic (exact) mass is 388 g/mol. The average molecular weight is 388 g/mol. The van der Waals surface area contributed by atoms with E-state index in [1.807, 2.05) is 29.2 Å². The van der Waals surface area contributed by atoms with Gasteiger partial charge in [-0.25, -0.2) is 0 Å². The molecule has 0 N–H and O–H groups in total. The van der Waals surface area contributed by atoms with Gasteiger partial charge in [-0.15, -0.1) is 0 Å². The molecular formula is C24H24N2O3. The summed E-state index contributed by atoms with van der Waals surface area (Å²) in [6, 6.07) is 14.2. The van der Waals surface area contributed by atoms with Gasteiger partial charge in [0.25, 0.3) is 0 Å². The van der Waals surface area contributed by atoms with Crippen molar-refractivity contribution in [3.8, 4) is 5.75 Å². The molecule has 29 heavy (non-hydrogen) atoms. The maximum atomic E-state index is 12.8. The van der Waals surface area contributed by atoms with Crippen LogP contribution in [-0.4, -0.2) is 43.3 Å². The van der Waals surface area contributed by atoms with Crippen LogP contribution in [0.2, 0.25) is 0 Å². The van der Waals surface area contributed by atoms with Gasteiger partial charge in [-0.3, -0.25) is 9.79 Å². The van der Waals surface area contributed by atoms with E-state index < -0.39 is 0 Å². The van der Waals surface area contributed by atoms with Crippen LogP contribution in [0.5, 0.6) is 5.75 Å². The molecule has 1 fully saturated rings. The lowest BCUT2D eigenvalue weighted by Crippen LogP contribution is -2.36. The topological polar surface area (TPSA) is 51.1 Å². The number of ether oxygens (including phenoxy) is 2. The quantitative estimate of drug-likeness (QED) is 0.804. The Hall–Kier alpha value is -2.92. The van der Waals surface area contributed by atoms with Gasteiger partial charge < -0.3 is 14.4 Å². The summed E-state index contributed by atoms with van der Waals surface area (Å²) in [4.78, 5) is 19.3. The highest BCUT2D eigenvalue weighted by molar-refractivity contribution is 6.15. The molecular weight excluding hydrogens is 364 g/mol. The van der Waals surface area contributed by atoms with E-state index in [0.717, 1.165) is 54.2 Å². The highest BCUT2D eigenvalue weighted by atomic mass is 16.5. The first kappa shape index (κ1) is 18.1. The van der Waals surface area contributed by atoms with Crippen molar-refractivity contribution in [2.75, 3.05) is 26.8 Å². The first-order chi connectivity index (χ1) is 14.2. The van der Waals surface area contributed by atoms with Gasteiger partial charge in [0.05, 0.1) is 24.6 Å². The average Bonchev–Trinajstić information content (AvgIpc) is 3.24.